The van der Waals surface area contributed by atoms with Crippen molar-refractivity contribution in [1.82, 2.24) is 29.9 Å². The molecule has 5 heterocycles. The standard InChI is InChI=1S/C45H27N3O.C32H27BO3.C19H12ClN3/c1-2-9-31(10-3-1)43-46-44(35-20-15-28-8-4-5-11-32(28)24-35)48-45(47-43)36-21-16-29-14-18-33(25-37(29)26-36)34-19-17-30-22-23-39-38-12-6-7-13-41(38)49-42(39)40(30)27-34;1-31(2)32(3,4)36-33(35-31)25-15-13-20-9-11-22(17-24(20)18-25)23-12-10-21-14-16-27-26-7-5-6-8-29(26)34-30(27)28(21)19-23;20-19-22-17(14-7-2-1-3-8-14)21-18(23-19)16-11-10-13-6-4-5-9-15(13)12-16/h1-27H;5-19H,1-4H3;1-12H. The molecule has 16 aromatic carbocycles. The summed E-state index contributed by atoms with van der Waals surface area (Å²) < 4.78 is 25.3. The van der Waals surface area contributed by atoms with Gasteiger partial charge in [0.1, 0.15) is 22.3 Å². The maximum absolute atomic E-state index is 6.38. The summed E-state index contributed by atoms with van der Waals surface area (Å²) in [4.78, 5) is 28.1. The summed E-state index contributed by atoms with van der Waals surface area (Å²) in [5.41, 5.74) is 13.3. The molecule has 1 saturated heterocycles. The van der Waals surface area contributed by atoms with Gasteiger partial charge in [0.05, 0.1) is 11.2 Å². The van der Waals surface area contributed by atoms with Gasteiger partial charge in [-0.2, -0.15) is 9.97 Å². The maximum Gasteiger partial charge on any atom is 0.494 e. The molecule has 0 bridgehead atoms. The molecule has 4 aromatic heterocycles. The number of benzene rings is 16. The Kier molecular flexibility index (Phi) is 16.3. The number of hydrogen-bond acceptors (Lipinski definition) is 10. The number of rotatable bonds is 8. The Labute approximate surface area is 627 Å². The van der Waals surface area contributed by atoms with E-state index >= 15 is 0 Å². The highest BCUT2D eigenvalue weighted by molar-refractivity contribution is 6.62. The Hall–Kier alpha value is -13.0. The molecule has 1 aliphatic rings. The third-order valence-corrected chi connectivity index (χ3v) is 21.4. The van der Waals surface area contributed by atoms with Crippen LogP contribution in [0.2, 0.25) is 5.28 Å². The molecule has 12 heteroatoms. The zero-order valence-corrected chi connectivity index (χ0v) is 60.2. The lowest BCUT2D eigenvalue weighted by Crippen LogP contribution is -2.41. The van der Waals surface area contributed by atoms with Crippen molar-refractivity contribution in [2.24, 2.45) is 0 Å². The van der Waals surface area contributed by atoms with Gasteiger partial charge in [0.2, 0.25) is 5.28 Å². The summed E-state index contributed by atoms with van der Waals surface area (Å²) >= 11 is 6.11. The summed E-state index contributed by atoms with van der Waals surface area (Å²) in [6.07, 6.45) is 0. The number of fused-ring (bicyclic) bond motifs is 14. The lowest BCUT2D eigenvalue weighted by molar-refractivity contribution is 0.00578. The summed E-state index contributed by atoms with van der Waals surface area (Å²) in [5, 5.41) is 18.6. The van der Waals surface area contributed by atoms with Crippen LogP contribution in [0, 0.1) is 0 Å². The highest BCUT2D eigenvalue weighted by Gasteiger charge is 2.51. The van der Waals surface area contributed by atoms with Crippen molar-refractivity contribution >= 4 is 133 Å². The van der Waals surface area contributed by atoms with Crippen LogP contribution in [-0.2, 0) is 9.31 Å². The van der Waals surface area contributed by atoms with Gasteiger partial charge in [-0.3, -0.25) is 0 Å². The quantitative estimate of drug-likeness (QED) is 0.136. The minimum atomic E-state index is -0.370. The summed E-state index contributed by atoms with van der Waals surface area (Å²) in [7, 11) is -0.370. The van der Waals surface area contributed by atoms with Crippen molar-refractivity contribution in [3.05, 3.63) is 333 Å². The van der Waals surface area contributed by atoms with Gasteiger partial charge < -0.3 is 18.1 Å². The first-order valence-corrected chi connectivity index (χ1v) is 36.6. The average Bonchev–Trinajstić information content (AvgIpc) is 1.57. The van der Waals surface area contributed by atoms with E-state index < -0.39 is 0 Å². The van der Waals surface area contributed by atoms with Crippen LogP contribution in [0.15, 0.2) is 336 Å². The first kappa shape index (κ1) is 65.7. The van der Waals surface area contributed by atoms with Gasteiger partial charge >= 0.3 is 7.12 Å². The fourth-order valence-electron chi connectivity index (χ4n) is 14.7. The number of nitrogens with zero attached hydrogens (tertiary/aromatic N) is 6. The molecule has 0 saturated carbocycles. The van der Waals surface area contributed by atoms with E-state index in [1.165, 1.54) is 38.1 Å². The van der Waals surface area contributed by atoms with Crippen molar-refractivity contribution in [2.75, 3.05) is 0 Å². The Morgan fingerprint density at radius 1 is 0.241 bits per heavy atom. The van der Waals surface area contributed by atoms with Crippen LogP contribution in [0.1, 0.15) is 27.7 Å². The minimum Gasteiger partial charge on any atom is -0.455 e. The Balaban J connectivity index is 0.000000118. The molecule has 20 aromatic rings. The van der Waals surface area contributed by atoms with Gasteiger partial charge in [-0.1, -0.05) is 261 Å². The summed E-state index contributed by atoms with van der Waals surface area (Å²) in [6, 6.07) is 113. The molecule has 0 radical (unpaired) electrons. The van der Waals surface area contributed by atoms with Crippen LogP contribution < -0.4 is 5.46 Å². The van der Waals surface area contributed by atoms with Crippen LogP contribution in [0.4, 0.5) is 0 Å². The van der Waals surface area contributed by atoms with Crippen molar-refractivity contribution in [1.29, 1.82) is 0 Å². The lowest BCUT2D eigenvalue weighted by atomic mass is 9.78. The van der Waals surface area contributed by atoms with Crippen molar-refractivity contribution in [3.63, 3.8) is 0 Å². The van der Waals surface area contributed by atoms with E-state index in [0.29, 0.717) is 29.1 Å². The first-order chi connectivity index (χ1) is 52.8. The molecular weight excluding hydrogens is 1350 g/mol. The third kappa shape index (κ3) is 12.4. The van der Waals surface area contributed by atoms with Crippen LogP contribution in [0.25, 0.3) is 188 Å². The van der Waals surface area contributed by atoms with Crippen molar-refractivity contribution in [3.8, 4) is 79.2 Å². The molecule has 1 aliphatic heterocycles. The second-order valence-corrected chi connectivity index (χ2v) is 28.9. The minimum absolute atomic E-state index is 0.196. The number of furan rings is 2. The van der Waals surface area contributed by atoms with E-state index in [9.17, 15) is 0 Å². The molecule has 10 nitrogen and oxygen atoms in total. The van der Waals surface area contributed by atoms with E-state index in [-0.39, 0.29) is 23.6 Å². The molecule has 0 atom stereocenters. The second-order valence-electron chi connectivity index (χ2n) is 28.6. The van der Waals surface area contributed by atoms with Gasteiger partial charge in [0.25, 0.3) is 0 Å². The fraction of sp³-hybridized carbons (Fsp3) is 0.0625. The van der Waals surface area contributed by atoms with Crippen LogP contribution in [-0.4, -0.2) is 48.2 Å². The predicted octanol–water partition coefficient (Wildman–Crippen LogP) is 24.8. The third-order valence-electron chi connectivity index (χ3n) is 21.2. The molecular formula is C96H66BClN6O4. The SMILES string of the molecule is CC1(C)OB(c2ccc3ccc(-c4ccc5ccc6c7ccccc7oc6c5c4)cc3c2)OC1(C)C.Clc1nc(-c2ccccc2)nc(-c2ccc3ccccc3c2)n1.c1ccc(-c2nc(-c3ccc4ccccc4c3)nc(-c3ccc4ccc(-c5ccc6ccc7c8ccccc8oc7c6c5)cc4c3)n2)cc1. The fourth-order valence-corrected chi connectivity index (χ4v) is 14.9. The molecule has 0 amide bonds. The highest BCUT2D eigenvalue weighted by Crippen LogP contribution is 2.41. The lowest BCUT2D eigenvalue weighted by Gasteiger charge is -2.32. The van der Waals surface area contributed by atoms with E-state index in [1.807, 2.05) is 103 Å². The van der Waals surface area contributed by atoms with Crippen molar-refractivity contribution < 1.29 is 18.1 Å². The molecule has 0 unspecified atom stereocenters. The van der Waals surface area contributed by atoms with E-state index in [1.54, 1.807) is 0 Å². The molecule has 0 spiro atoms. The number of hydrogen-bond donors (Lipinski definition) is 0. The van der Waals surface area contributed by atoms with Gasteiger partial charge in [0, 0.05) is 60.1 Å². The molecule has 0 aliphatic carbocycles. The van der Waals surface area contributed by atoms with E-state index in [0.717, 1.165) is 126 Å². The zero-order chi connectivity index (χ0) is 72.6. The number of halogens is 1. The topological polar surface area (TPSA) is 122 Å². The number of aromatic nitrogens is 6. The monoisotopic (exact) mass is 1410 g/mol. The Bertz CT molecular complexity index is 6930. The molecule has 21 rings (SSSR count). The molecule has 514 valence electrons. The van der Waals surface area contributed by atoms with Gasteiger partial charge in [-0.25, -0.2) is 19.9 Å². The Morgan fingerprint density at radius 3 is 1.02 bits per heavy atom. The van der Waals surface area contributed by atoms with Crippen LogP contribution >= 0.6 is 11.6 Å². The summed E-state index contributed by atoms with van der Waals surface area (Å²) in [6.45, 7) is 8.35. The average molecular weight is 1410 g/mol. The molecule has 1 fully saturated rings. The Morgan fingerprint density at radius 2 is 0.556 bits per heavy atom. The van der Waals surface area contributed by atoms with Crippen LogP contribution in [0.5, 0.6) is 0 Å². The summed E-state index contributed by atoms with van der Waals surface area (Å²) in [5.74, 6) is 3.10. The molecule has 108 heavy (non-hydrogen) atoms. The van der Waals surface area contributed by atoms with Crippen LogP contribution in [0.3, 0.4) is 0 Å². The van der Waals surface area contributed by atoms with E-state index in [4.69, 9.17) is 44.7 Å². The largest absolute Gasteiger partial charge is 0.494 e. The highest BCUT2D eigenvalue weighted by atomic mass is 35.5. The maximum atomic E-state index is 6.38. The van der Waals surface area contributed by atoms with Gasteiger partial charge in [-0.15, -0.1) is 0 Å². The second kappa shape index (κ2) is 26.8. The van der Waals surface area contributed by atoms with E-state index in [2.05, 4.69) is 267 Å². The smallest absolute Gasteiger partial charge is 0.455 e. The van der Waals surface area contributed by atoms with Crippen molar-refractivity contribution in [2.45, 2.75) is 38.9 Å². The predicted molar refractivity (Wildman–Crippen MR) is 444 cm³/mol. The van der Waals surface area contributed by atoms with Gasteiger partial charge in [-0.05, 0) is 188 Å². The first-order valence-electron chi connectivity index (χ1n) is 36.2. The van der Waals surface area contributed by atoms with Gasteiger partial charge in [0.15, 0.2) is 29.1 Å². The zero-order valence-electron chi connectivity index (χ0n) is 59.4. The molecule has 0 N–H and O–H groups in total. The number of para-hydroxylation sites is 2. The normalized spacial score (nSPS) is 13.3.